The maximum atomic E-state index is 6.89. The molecule has 1 fully saturated rings. The number of pyridine rings is 1. The molecule has 0 unspecified atom stereocenters. The van der Waals surface area contributed by atoms with Gasteiger partial charge >= 0.3 is 7.12 Å². The Labute approximate surface area is 189 Å². The third kappa shape index (κ3) is 4.18. The Kier molecular flexibility index (Phi) is 5.78. The lowest BCUT2D eigenvalue weighted by Crippen LogP contribution is -2.41. The van der Waals surface area contributed by atoms with E-state index in [2.05, 4.69) is 4.98 Å². The summed E-state index contributed by atoms with van der Waals surface area (Å²) in [5.41, 5.74) is 3.97. The number of aryl methyl sites for hydroxylation is 1. The molecule has 1 aliphatic heterocycles. The first-order chi connectivity index (χ1) is 14.7. The molecule has 1 saturated heterocycles. The molecular weight excluding hydrogens is 407 g/mol. The predicted octanol–water partition coefficient (Wildman–Crippen LogP) is 5.51. The Morgan fingerprint density at radius 3 is 1.84 bits per heavy atom. The molecule has 0 aliphatic carbocycles. The van der Waals surface area contributed by atoms with Gasteiger partial charge in [0.15, 0.2) is 0 Å². The summed E-state index contributed by atoms with van der Waals surface area (Å²) in [6.45, 7) is 10.0. The first kappa shape index (κ1) is 21.8. The Hall–Kier alpha value is -2.47. The number of hydrogen-bond donors (Lipinski definition) is 0. The van der Waals surface area contributed by atoms with Crippen LogP contribution in [0.3, 0.4) is 0 Å². The van der Waals surface area contributed by atoms with E-state index >= 15 is 0 Å². The molecule has 0 bridgehead atoms. The van der Waals surface area contributed by atoms with Crippen LogP contribution in [-0.2, 0) is 9.31 Å². The number of aromatic nitrogens is 1. The van der Waals surface area contributed by atoms with Crippen LogP contribution >= 0.6 is 11.6 Å². The Bertz CT molecular complexity index is 1060. The van der Waals surface area contributed by atoms with Gasteiger partial charge in [-0.1, -0.05) is 72.3 Å². The molecular formula is C25H26BClN2O2. The molecule has 6 heteroatoms. The number of rotatable bonds is 4. The standard InChI is InChI=1S/C25H26BClN2O2/c1-17-21(26-30-24(2,3)25(4,5)31-26)22(27)20(16-28-17)29-23(18-12-8-6-9-13-18)19-14-10-7-11-15-19/h6-16H,1-5H3. The molecule has 0 saturated carbocycles. The molecule has 0 atom stereocenters. The highest BCUT2D eigenvalue weighted by Gasteiger charge is 2.53. The van der Waals surface area contributed by atoms with Crippen molar-refractivity contribution in [2.24, 2.45) is 4.99 Å². The normalized spacial score (nSPS) is 16.9. The van der Waals surface area contributed by atoms with Crippen LogP contribution in [-0.4, -0.2) is 29.0 Å². The Morgan fingerprint density at radius 1 is 0.871 bits per heavy atom. The maximum Gasteiger partial charge on any atom is 0.498 e. The molecule has 4 rings (SSSR count). The minimum atomic E-state index is -0.600. The minimum absolute atomic E-state index is 0.466. The third-order valence-corrected chi connectivity index (χ3v) is 6.44. The molecule has 1 aromatic heterocycles. The van der Waals surface area contributed by atoms with Crippen molar-refractivity contribution in [3.8, 4) is 0 Å². The van der Waals surface area contributed by atoms with Crippen molar-refractivity contribution in [1.82, 2.24) is 4.98 Å². The second-order valence-electron chi connectivity index (χ2n) is 8.74. The molecule has 0 spiro atoms. The van der Waals surface area contributed by atoms with E-state index in [-0.39, 0.29) is 0 Å². The summed E-state index contributed by atoms with van der Waals surface area (Å²) in [7, 11) is -0.600. The molecule has 0 radical (unpaired) electrons. The summed E-state index contributed by atoms with van der Waals surface area (Å²) >= 11 is 6.89. The highest BCUT2D eigenvalue weighted by atomic mass is 35.5. The van der Waals surface area contributed by atoms with Crippen LogP contribution in [0.15, 0.2) is 71.9 Å². The highest BCUT2D eigenvalue weighted by molar-refractivity contribution is 6.66. The summed E-state index contributed by atoms with van der Waals surface area (Å²) in [5.74, 6) is 0. The van der Waals surface area contributed by atoms with Gasteiger partial charge in [-0.05, 0) is 34.6 Å². The van der Waals surface area contributed by atoms with Crippen molar-refractivity contribution in [2.45, 2.75) is 45.8 Å². The zero-order valence-electron chi connectivity index (χ0n) is 18.5. The van der Waals surface area contributed by atoms with Crippen molar-refractivity contribution >= 4 is 35.6 Å². The van der Waals surface area contributed by atoms with Crippen LogP contribution in [0.5, 0.6) is 0 Å². The molecule has 2 aromatic carbocycles. The lowest BCUT2D eigenvalue weighted by molar-refractivity contribution is 0.00578. The van der Waals surface area contributed by atoms with Gasteiger partial charge in [-0.25, -0.2) is 4.99 Å². The average molecular weight is 433 g/mol. The van der Waals surface area contributed by atoms with Crippen molar-refractivity contribution in [3.05, 3.63) is 88.7 Å². The zero-order valence-corrected chi connectivity index (χ0v) is 19.3. The number of halogens is 1. The van der Waals surface area contributed by atoms with Crippen molar-refractivity contribution < 1.29 is 9.31 Å². The van der Waals surface area contributed by atoms with Gasteiger partial charge in [0.2, 0.25) is 0 Å². The van der Waals surface area contributed by atoms with E-state index in [1.54, 1.807) is 6.20 Å². The first-order valence-electron chi connectivity index (χ1n) is 10.4. The van der Waals surface area contributed by atoms with Crippen molar-refractivity contribution in [3.63, 3.8) is 0 Å². The fourth-order valence-corrected chi connectivity index (χ4v) is 3.82. The van der Waals surface area contributed by atoms with Gasteiger partial charge in [0, 0.05) is 22.3 Å². The molecule has 0 amide bonds. The van der Waals surface area contributed by atoms with Gasteiger partial charge in [-0.15, -0.1) is 0 Å². The molecule has 0 N–H and O–H groups in total. The number of nitrogens with zero attached hydrogens (tertiary/aromatic N) is 2. The van der Waals surface area contributed by atoms with Crippen LogP contribution in [0.2, 0.25) is 5.02 Å². The largest absolute Gasteiger partial charge is 0.498 e. The summed E-state index contributed by atoms with van der Waals surface area (Å²) in [4.78, 5) is 9.52. The van der Waals surface area contributed by atoms with Gasteiger partial charge in [0.25, 0.3) is 0 Å². The van der Waals surface area contributed by atoms with Crippen LogP contribution in [0, 0.1) is 6.92 Å². The minimum Gasteiger partial charge on any atom is -0.399 e. The Balaban J connectivity index is 1.83. The SMILES string of the molecule is Cc1ncc(N=C(c2ccccc2)c2ccccc2)c(Cl)c1B1OC(C)(C)C(C)(C)O1. The summed E-state index contributed by atoms with van der Waals surface area (Å²) in [5, 5.41) is 0.496. The quantitative estimate of drug-likeness (QED) is 0.403. The van der Waals surface area contributed by atoms with Crippen LogP contribution < -0.4 is 5.46 Å². The number of hydrogen-bond acceptors (Lipinski definition) is 4. The van der Waals surface area contributed by atoms with Crippen LogP contribution in [0.25, 0.3) is 0 Å². The van der Waals surface area contributed by atoms with E-state index < -0.39 is 18.3 Å². The topological polar surface area (TPSA) is 43.7 Å². The summed E-state index contributed by atoms with van der Waals surface area (Å²) in [6, 6.07) is 20.1. The van der Waals surface area contributed by atoms with Crippen molar-refractivity contribution in [2.75, 3.05) is 0 Å². The van der Waals surface area contributed by atoms with E-state index in [1.807, 2.05) is 95.3 Å². The maximum absolute atomic E-state index is 6.89. The van der Waals surface area contributed by atoms with Crippen LogP contribution in [0.1, 0.15) is 44.5 Å². The van der Waals surface area contributed by atoms with Gasteiger partial charge in [-0.2, -0.15) is 0 Å². The van der Waals surface area contributed by atoms with Gasteiger partial charge in [0.1, 0.15) is 5.69 Å². The van der Waals surface area contributed by atoms with E-state index in [1.165, 1.54) is 0 Å². The second-order valence-corrected chi connectivity index (χ2v) is 9.12. The van der Waals surface area contributed by atoms with Gasteiger partial charge in [-0.3, -0.25) is 4.98 Å². The van der Waals surface area contributed by atoms with E-state index in [0.29, 0.717) is 10.7 Å². The fourth-order valence-electron chi connectivity index (χ4n) is 3.50. The molecule has 4 nitrogen and oxygen atoms in total. The molecule has 1 aliphatic rings. The molecule has 158 valence electrons. The molecule has 31 heavy (non-hydrogen) atoms. The zero-order chi connectivity index (χ0) is 22.2. The van der Waals surface area contributed by atoms with E-state index in [4.69, 9.17) is 25.9 Å². The van der Waals surface area contributed by atoms with Gasteiger partial charge in [0.05, 0.1) is 28.1 Å². The fraction of sp³-hybridized carbons (Fsp3) is 0.280. The highest BCUT2D eigenvalue weighted by Crippen LogP contribution is 2.38. The lowest BCUT2D eigenvalue weighted by atomic mass is 9.77. The average Bonchev–Trinajstić information content (AvgIpc) is 2.95. The van der Waals surface area contributed by atoms with Gasteiger partial charge < -0.3 is 9.31 Å². The second kappa shape index (κ2) is 8.23. The summed E-state index contributed by atoms with van der Waals surface area (Å²) < 4.78 is 12.5. The number of aliphatic imine (C=N–C) groups is 1. The molecule has 2 heterocycles. The molecule has 3 aromatic rings. The number of benzene rings is 2. The van der Waals surface area contributed by atoms with Crippen LogP contribution in [0.4, 0.5) is 5.69 Å². The van der Waals surface area contributed by atoms with E-state index in [9.17, 15) is 0 Å². The first-order valence-corrected chi connectivity index (χ1v) is 10.8. The third-order valence-electron chi connectivity index (χ3n) is 6.05. The summed E-state index contributed by atoms with van der Waals surface area (Å²) in [6.07, 6.45) is 1.71. The predicted molar refractivity (Wildman–Crippen MR) is 128 cm³/mol. The smallest absolute Gasteiger partial charge is 0.399 e. The van der Waals surface area contributed by atoms with Crippen molar-refractivity contribution in [1.29, 1.82) is 0 Å². The monoisotopic (exact) mass is 432 g/mol. The Morgan fingerprint density at radius 2 is 1.35 bits per heavy atom. The lowest BCUT2D eigenvalue weighted by Gasteiger charge is -2.32. The van der Waals surface area contributed by atoms with E-state index in [0.717, 1.165) is 28.0 Å².